The van der Waals surface area contributed by atoms with Crippen molar-refractivity contribution < 1.29 is 0 Å². The summed E-state index contributed by atoms with van der Waals surface area (Å²) in [5.41, 5.74) is 1.39. The second kappa shape index (κ2) is 5.79. The first-order valence-corrected chi connectivity index (χ1v) is 7.14. The van der Waals surface area contributed by atoms with Crippen LogP contribution in [0.25, 0.3) is 0 Å². The fourth-order valence-corrected chi connectivity index (χ4v) is 2.68. The Kier molecular flexibility index (Phi) is 4.54. The van der Waals surface area contributed by atoms with Crippen molar-refractivity contribution in [2.45, 2.75) is 32.4 Å². The smallest absolute Gasteiger partial charge is 0.0595 e. The zero-order valence-electron chi connectivity index (χ0n) is 11.0. The minimum atomic E-state index is 0.169. The van der Waals surface area contributed by atoms with E-state index in [1.807, 2.05) is 12.1 Å². The normalized spacial score (nSPS) is 20.7. The molecule has 4 heteroatoms. The highest BCUT2D eigenvalue weighted by Crippen LogP contribution is 2.25. The molecular weight excluding hydrogens is 267 g/mol. The van der Waals surface area contributed by atoms with Gasteiger partial charge in [-0.25, -0.2) is 0 Å². The molecule has 0 bridgehead atoms. The third kappa shape index (κ3) is 3.39. The summed E-state index contributed by atoms with van der Waals surface area (Å²) >= 11 is 12.0. The van der Waals surface area contributed by atoms with E-state index in [0.717, 1.165) is 26.2 Å². The molecule has 1 aliphatic rings. The molecule has 0 aromatic heterocycles. The molecule has 0 spiro atoms. The number of nitrogens with zero attached hydrogens (tertiary/aromatic N) is 1. The van der Waals surface area contributed by atoms with Crippen LogP contribution in [0.4, 0.5) is 0 Å². The molecule has 2 nitrogen and oxygen atoms in total. The van der Waals surface area contributed by atoms with Crippen molar-refractivity contribution in [3.63, 3.8) is 0 Å². The highest BCUT2D eigenvalue weighted by molar-refractivity contribution is 6.42. The molecule has 1 saturated heterocycles. The molecule has 0 atom stereocenters. The van der Waals surface area contributed by atoms with Crippen molar-refractivity contribution in [2.24, 2.45) is 0 Å². The maximum absolute atomic E-state index is 6.07. The van der Waals surface area contributed by atoms with Crippen molar-refractivity contribution in [1.29, 1.82) is 0 Å². The number of halogens is 2. The molecule has 0 amide bonds. The Morgan fingerprint density at radius 3 is 2.78 bits per heavy atom. The number of hydrogen-bond donors (Lipinski definition) is 1. The van der Waals surface area contributed by atoms with E-state index in [9.17, 15) is 0 Å². The summed E-state index contributed by atoms with van der Waals surface area (Å²) in [6, 6.07) is 5.91. The number of hydrogen-bond acceptors (Lipinski definition) is 2. The molecule has 1 heterocycles. The van der Waals surface area contributed by atoms with Crippen molar-refractivity contribution in [3.05, 3.63) is 33.8 Å². The highest BCUT2D eigenvalue weighted by Gasteiger charge is 2.28. The van der Waals surface area contributed by atoms with Gasteiger partial charge in [0.2, 0.25) is 0 Å². The first kappa shape index (κ1) is 14.1. The van der Waals surface area contributed by atoms with Gasteiger partial charge in [-0.2, -0.15) is 0 Å². The topological polar surface area (TPSA) is 15.3 Å². The van der Waals surface area contributed by atoms with E-state index in [0.29, 0.717) is 10.0 Å². The van der Waals surface area contributed by atoms with Crippen molar-refractivity contribution >= 4 is 23.2 Å². The molecule has 0 aliphatic carbocycles. The van der Waals surface area contributed by atoms with Crippen LogP contribution < -0.4 is 5.32 Å². The summed E-state index contributed by atoms with van der Waals surface area (Å²) in [5, 5.41) is 4.75. The van der Waals surface area contributed by atoms with Gasteiger partial charge >= 0.3 is 0 Å². The van der Waals surface area contributed by atoms with Gasteiger partial charge in [-0.3, -0.25) is 4.90 Å². The standard InChI is InChI=1S/C14H20Cl2N2/c1-14(2)10-17-6-3-7-18(14)9-11-4-5-12(15)13(16)8-11/h4-5,8,17H,3,6-7,9-10H2,1-2H3. The largest absolute Gasteiger partial charge is 0.315 e. The van der Waals surface area contributed by atoms with Gasteiger partial charge in [-0.05, 0) is 44.5 Å². The van der Waals surface area contributed by atoms with Gasteiger partial charge in [0.05, 0.1) is 10.0 Å². The zero-order chi connectivity index (χ0) is 13.2. The van der Waals surface area contributed by atoms with Gasteiger partial charge in [0.15, 0.2) is 0 Å². The van der Waals surface area contributed by atoms with Crippen LogP contribution in [0.2, 0.25) is 10.0 Å². The Morgan fingerprint density at radius 2 is 2.06 bits per heavy atom. The third-order valence-electron chi connectivity index (χ3n) is 3.55. The Morgan fingerprint density at radius 1 is 1.28 bits per heavy atom. The molecule has 1 fully saturated rings. The van der Waals surface area contributed by atoms with Gasteiger partial charge in [0.1, 0.15) is 0 Å². The van der Waals surface area contributed by atoms with E-state index < -0.39 is 0 Å². The Bertz CT molecular complexity index is 418. The van der Waals surface area contributed by atoms with Crippen molar-refractivity contribution in [3.8, 4) is 0 Å². The van der Waals surface area contributed by atoms with E-state index >= 15 is 0 Å². The molecule has 0 saturated carbocycles. The average molecular weight is 287 g/mol. The van der Waals surface area contributed by atoms with E-state index in [4.69, 9.17) is 23.2 Å². The highest BCUT2D eigenvalue weighted by atomic mass is 35.5. The predicted octanol–water partition coefficient (Wildman–Crippen LogP) is 3.57. The summed E-state index contributed by atoms with van der Waals surface area (Å²) < 4.78 is 0. The summed E-state index contributed by atoms with van der Waals surface area (Å²) in [6.45, 7) is 8.72. The van der Waals surface area contributed by atoms with Crippen LogP contribution in [-0.2, 0) is 6.54 Å². The molecule has 1 aliphatic heterocycles. The minimum absolute atomic E-state index is 0.169. The van der Waals surface area contributed by atoms with Gasteiger partial charge in [0.25, 0.3) is 0 Å². The van der Waals surface area contributed by atoms with E-state index in [1.54, 1.807) is 0 Å². The lowest BCUT2D eigenvalue weighted by molar-refractivity contribution is 0.125. The quantitative estimate of drug-likeness (QED) is 0.894. The molecule has 2 rings (SSSR count). The third-order valence-corrected chi connectivity index (χ3v) is 4.29. The maximum Gasteiger partial charge on any atom is 0.0595 e. The molecule has 1 N–H and O–H groups in total. The van der Waals surface area contributed by atoms with Crippen LogP contribution in [-0.4, -0.2) is 30.1 Å². The lowest BCUT2D eigenvalue weighted by Crippen LogP contribution is -2.47. The Labute approximate surface area is 119 Å². The SMILES string of the molecule is CC1(C)CNCCCN1Cc1ccc(Cl)c(Cl)c1. The fourth-order valence-electron chi connectivity index (χ4n) is 2.36. The van der Waals surface area contributed by atoms with Crippen LogP contribution >= 0.6 is 23.2 Å². The lowest BCUT2D eigenvalue weighted by Gasteiger charge is -2.37. The van der Waals surface area contributed by atoms with Gasteiger partial charge in [-0.15, -0.1) is 0 Å². The lowest BCUT2D eigenvalue weighted by atomic mass is 10.0. The molecule has 0 unspecified atom stereocenters. The van der Waals surface area contributed by atoms with Crippen LogP contribution in [0.15, 0.2) is 18.2 Å². The maximum atomic E-state index is 6.07. The molecule has 1 aromatic rings. The molecule has 100 valence electrons. The van der Waals surface area contributed by atoms with Gasteiger partial charge in [-0.1, -0.05) is 29.3 Å². The van der Waals surface area contributed by atoms with Crippen LogP contribution in [0.1, 0.15) is 25.8 Å². The summed E-state index contributed by atoms with van der Waals surface area (Å²) in [6.07, 6.45) is 1.19. The van der Waals surface area contributed by atoms with E-state index in [1.165, 1.54) is 12.0 Å². The van der Waals surface area contributed by atoms with Crippen LogP contribution in [0.5, 0.6) is 0 Å². The Balaban J connectivity index is 2.13. The van der Waals surface area contributed by atoms with Crippen molar-refractivity contribution in [2.75, 3.05) is 19.6 Å². The van der Waals surface area contributed by atoms with Crippen molar-refractivity contribution in [1.82, 2.24) is 10.2 Å². The fraction of sp³-hybridized carbons (Fsp3) is 0.571. The monoisotopic (exact) mass is 286 g/mol. The first-order valence-electron chi connectivity index (χ1n) is 6.39. The zero-order valence-corrected chi connectivity index (χ0v) is 12.5. The molecular formula is C14H20Cl2N2. The minimum Gasteiger partial charge on any atom is -0.315 e. The van der Waals surface area contributed by atoms with E-state index in [2.05, 4.69) is 30.1 Å². The summed E-state index contributed by atoms with van der Waals surface area (Å²) in [5.74, 6) is 0. The second-order valence-corrected chi connectivity index (χ2v) is 6.33. The van der Waals surface area contributed by atoms with Gasteiger partial charge < -0.3 is 5.32 Å². The number of nitrogens with one attached hydrogen (secondary N) is 1. The van der Waals surface area contributed by atoms with Crippen LogP contribution in [0, 0.1) is 0 Å². The summed E-state index contributed by atoms with van der Waals surface area (Å²) in [4.78, 5) is 2.51. The predicted molar refractivity (Wildman–Crippen MR) is 78.4 cm³/mol. The number of rotatable bonds is 2. The summed E-state index contributed by atoms with van der Waals surface area (Å²) in [7, 11) is 0. The number of benzene rings is 1. The first-order chi connectivity index (χ1) is 8.49. The Hall–Kier alpha value is -0.280. The molecule has 0 radical (unpaired) electrons. The average Bonchev–Trinajstić information content (AvgIpc) is 2.46. The van der Waals surface area contributed by atoms with Gasteiger partial charge in [0, 0.05) is 25.2 Å². The molecule has 1 aromatic carbocycles. The molecule has 18 heavy (non-hydrogen) atoms. The second-order valence-electron chi connectivity index (χ2n) is 5.51. The van der Waals surface area contributed by atoms with Crippen LogP contribution in [0.3, 0.4) is 0 Å². The van der Waals surface area contributed by atoms with E-state index in [-0.39, 0.29) is 5.54 Å².